The smallest absolute Gasteiger partial charge is 0.131 e. The fraction of sp³-hybridized carbons (Fsp3) is 0.200. The van der Waals surface area contributed by atoms with E-state index >= 15 is 0 Å². The van der Waals surface area contributed by atoms with Gasteiger partial charge < -0.3 is 9.63 Å². The number of para-hydroxylation sites is 1. The quantitative estimate of drug-likeness (QED) is 0.838. The summed E-state index contributed by atoms with van der Waals surface area (Å²) < 4.78 is 6.12. The lowest BCUT2D eigenvalue weighted by Crippen LogP contribution is -2.22. The first-order valence-electron chi connectivity index (χ1n) is 6.08. The van der Waals surface area contributed by atoms with Crippen LogP contribution in [0, 0.1) is 0 Å². The van der Waals surface area contributed by atoms with Crippen LogP contribution in [0.4, 0.5) is 0 Å². The molecule has 0 saturated carbocycles. The fourth-order valence-electron chi connectivity index (χ4n) is 2.22. The maximum Gasteiger partial charge on any atom is 0.131 e. The van der Waals surface area contributed by atoms with E-state index in [1.54, 1.807) is 0 Å². The molecule has 2 aromatic carbocycles. The second kappa shape index (κ2) is 4.72. The first-order chi connectivity index (χ1) is 8.81. The minimum atomic E-state index is -0.785. The van der Waals surface area contributed by atoms with Crippen molar-refractivity contribution in [1.82, 2.24) is 0 Å². The van der Waals surface area contributed by atoms with Gasteiger partial charge in [0.05, 0.1) is 6.61 Å². The molecule has 0 radical (unpaired) electrons. The lowest BCUT2D eigenvalue weighted by molar-refractivity contribution is 0.295. The van der Waals surface area contributed by atoms with Crippen LogP contribution in [0.2, 0.25) is 0 Å². The molecule has 1 heterocycles. The highest BCUT2D eigenvalue weighted by Crippen LogP contribution is 2.51. The molecule has 1 aliphatic rings. The average molecular weight is 258 g/mol. The van der Waals surface area contributed by atoms with E-state index in [1.165, 1.54) is 10.9 Å². The molecule has 0 amide bonds. The van der Waals surface area contributed by atoms with Crippen LogP contribution in [-0.2, 0) is 0 Å². The van der Waals surface area contributed by atoms with Crippen molar-refractivity contribution in [3.05, 3.63) is 48.5 Å². The van der Waals surface area contributed by atoms with Gasteiger partial charge in [-0.3, -0.25) is 0 Å². The van der Waals surface area contributed by atoms with Crippen LogP contribution in [0.25, 0.3) is 11.1 Å². The van der Waals surface area contributed by atoms with E-state index < -0.39 is 8.15 Å². The minimum absolute atomic E-state index is 0.148. The van der Waals surface area contributed by atoms with Gasteiger partial charge >= 0.3 is 0 Å². The van der Waals surface area contributed by atoms with Crippen LogP contribution in [0.1, 0.15) is 6.92 Å². The van der Waals surface area contributed by atoms with Crippen molar-refractivity contribution in [2.24, 2.45) is 0 Å². The molecular weight excluding hydrogens is 243 g/mol. The topological polar surface area (TPSA) is 29.5 Å². The summed E-state index contributed by atoms with van der Waals surface area (Å²) >= 11 is 0. The van der Waals surface area contributed by atoms with Crippen LogP contribution in [0.15, 0.2) is 48.5 Å². The van der Waals surface area contributed by atoms with Gasteiger partial charge in [-0.25, -0.2) is 0 Å². The van der Waals surface area contributed by atoms with Crippen molar-refractivity contribution < 1.29 is 9.63 Å². The molecule has 0 aromatic heterocycles. The summed E-state index contributed by atoms with van der Waals surface area (Å²) in [6.45, 7) is 2.19. The second-order valence-corrected chi connectivity index (χ2v) is 6.66. The average Bonchev–Trinajstić information content (AvgIpc) is 2.45. The Hall–Kier alpha value is -1.37. The Balaban J connectivity index is 2.17. The van der Waals surface area contributed by atoms with Gasteiger partial charge in [-0.1, -0.05) is 49.4 Å². The Labute approximate surface area is 108 Å². The molecule has 0 spiro atoms. The third kappa shape index (κ3) is 1.82. The normalized spacial score (nSPS) is 18.4. The van der Waals surface area contributed by atoms with E-state index in [9.17, 15) is 5.11 Å². The Bertz CT molecular complexity index is 568. The van der Waals surface area contributed by atoms with Gasteiger partial charge in [0, 0.05) is 16.5 Å². The molecule has 1 N–H and O–H groups in total. The van der Waals surface area contributed by atoms with Gasteiger partial charge in [-0.05, 0) is 11.6 Å². The summed E-state index contributed by atoms with van der Waals surface area (Å²) in [5.41, 5.74) is 2.54. The van der Waals surface area contributed by atoms with Crippen molar-refractivity contribution in [2.45, 2.75) is 12.6 Å². The van der Waals surface area contributed by atoms with Crippen molar-refractivity contribution >= 4 is 13.5 Å². The van der Waals surface area contributed by atoms with Crippen LogP contribution >= 0.6 is 8.15 Å². The van der Waals surface area contributed by atoms with E-state index in [4.69, 9.17) is 4.52 Å². The predicted octanol–water partition coefficient (Wildman–Crippen LogP) is 3.15. The molecule has 0 saturated heterocycles. The zero-order valence-corrected chi connectivity index (χ0v) is 11.1. The van der Waals surface area contributed by atoms with Gasteiger partial charge in [0.25, 0.3) is 0 Å². The molecule has 0 aliphatic carbocycles. The van der Waals surface area contributed by atoms with E-state index in [1.807, 2.05) is 31.2 Å². The number of rotatable bonds is 2. The first kappa shape index (κ1) is 11.7. The monoisotopic (exact) mass is 258 g/mol. The summed E-state index contributed by atoms with van der Waals surface area (Å²) in [6.07, 6.45) is 0. The first-order valence-corrected chi connectivity index (χ1v) is 7.40. The van der Waals surface area contributed by atoms with Gasteiger partial charge in [0.15, 0.2) is 0 Å². The van der Waals surface area contributed by atoms with Crippen LogP contribution in [0.3, 0.4) is 0 Å². The van der Waals surface area contributed by atoms with E-state index in [0.29, 0.717) is 0 Å². The maximum atomic E-state index is 9.40. The number of hydrogen-bond donors (Lipinski definition) is 1. The third-order valence-corrected chi connectivity index (χ3v) is 5.40. The lowest BCUT2D eigenvalue weighted by atomic mass is 10.0. The maximum absolute atomic E-state index is 9.40. The van der Waals surface area contributed by atoms with E-state index in [-0.39, 0.29) is 12.3 Å². The van der Waals surface area contributed by atoms with Gasteiger partial charge in [0.2, 0.25) is 0 Å². The van der Waals surface area contributed by atoms with Gasteiger partial charge in [-0.2, -0.15) is 0 Å². The minimum Gasteiger partial charge on any atom is -0.468 e. The Morgan fingerprint density at radius 1 is 1.06 bits per heavy atom. The Kier molecular flexibility index (Phi) is 3.07. The SMILES string of the molecule is CC(CO)P1Oc2ccccc2-c2ccccc21. The van der Waals surface area contributed by atoms with E-state index in [2.05, 4.69) is 24.3 Å². The fourth-order valence-corrected chi connectivity index (χ4v) is 4.16. The van der Waals surface area contributed by atoms with Crippen LogP contribution < -0.4 is 9.83 Å². The lowest BCUT2D eigenvalue weighted by Gasteiger charge is -2.31. The highest BCUT2D eigenvalue weighted by atomic mass is 31.1. The number of fused-ring (bicyclic) bond motifs is 3. The largest absolute Gasteiger partial charge is 0.468 e. The molecule has 92 valence electrons. The molecular formula is C15H15O2P. The predicted molar refractivity (Wildman–Crippen MR) is 75.6 cm³/mol. The number of benzene rings is 2. The van der Waals surface area contributed by atoms with Gasteiger partial charge in [0.1, 0.15) is 13.9 Å². The van der Waals surface area contributed by atoms with Crippen molar-refractivity contribution in [3.8, 4) is 16.9 Å². The molecule has 1 aliphatic heterocycles. The molecule has 2 aromatic rings. The zero-order valence-electron chi connectivity index (χ0n) is 10.2. The van der Waals surface area contributed by atoms with E-state index in [0.717, 1.165) is 11.3 Å². The molecule has 2 atom stereocenters. The van der Waals surface area contributed by atoms with Crippen molar-refractivity contribution in [1.29, 1.82) is 0 Å². The van der Waals surface area contributed by atoms with Crippen molar-refractivity contribution in [3.63, 3.8) is 0 Å². The number of aliphatic hydroxyl groups is 1. The molecule has 18 heavy (non-hydrogen) atoms. The van der Waals surface area contributed by atoms with Crippen LogP contribution in [-0.4, -0.2) is 17.4 Å². The standard InChI is InChI=1S/C15H15O2P/c1-11(10-16)18-15-9-5-3-7-13(15)12-6-2-4-8-14(12)17-18/h2-9,11,16H,10H2,1H3. The highest BCUT2D eigenvalue weighted by molar-refractivity contribution is 7.62. The summed E-state index contributed by atoms with van der Waals surface area (Å²) in [5, 5.41) is 10.6. The third-order valence-electron chi connectivity index (χ3n) is 3.18. The van der Waals surface area contributed by atoms with Crippen LogP contribution in [0.5, 0.6) is 5.75 Å². The molecule has 3 rings (SSSR count). The number of hydrogen-bond acceptors (Lipinski definition) is 2. The molecule has 2 nitrogen and oxygen atoms in total. The summed E-state index contributed by atoms with van der Waals surface area (Å²) in [4.78, 5) is 0. The Morgan fingerprint density at radius 3 is 2.50 bits per heavy atom. The molecule has 3 heteroatoms. The molecule has 2 unspecified atom stereocenters. The summed E-state index contributed by atoms with van der Waals surface area (Å²) in [6, 6.07) is 16.5. The second-order valence-electron chi connectivity index (χ2n) is 4.46. The molecule has 0 bridgehead atoms. The molecule has 0 fully saturated rings. The zero-order chi connectivity index (χ0) is 12.5. The highest BCUT2D eigenvalue weighted by Gasteiger charge is 2.29. The summed E-state index contributed by atoms with van der Waals surface area (Å²) in [7, 11) is -0.785. The number of aliphatic hydroxyl groups excluding tert-OH is 1. The van der Waals surface area contributed by atoms with Gasteiger partial charge in [-0.15, -0.1) is 0 Å². The van der Waals surface area contributed by atoms with Crippen molar-refractivity contribution in [2.75, 3.05) is 6.61 Å². The summed E-state index contributed by atoms with van der Waals surface area (Å²) in [5.74, 6) is 0.933. The Morgan fingerprint density at radius 2 is 1.72 bits per heavy atom.